The Morgan fingerprint density at radius 3 is 2.76 bits per heavy atom. The molecule has 0 saturated carbocycles. The number of aromatic amines is 2. The van der Waals surface area contributed by atoms with Gasteiger partial charge in [0, 0.05) is 28.7 Å². The van der Waals surface area contributed by atoms with Gasteiger partial charge in [0.05, 0.1) is 5.39 Å². The van der Waals surface area contributed by atoms with Gasteiger partial charge in [0.25, 0.3) is 0 Å². The molecule has 17 heavy (non-hydrogen) atoms. The Hall–Kier alpha value is -2.24. The first-order chi connectivity index (χ1) is 8.09. The molecule has 4 nitrogen and oxygen atoms in total. The van der Waals surface area contributed by atoms with Crippen LogP contribution in [0.2, 0.25) is 0 Å². The second-order valence-corrected chi connectivity index (χ2v) is 3.82. The van der Waals surface area contributed by atoms with E-state index >= 15 is 0 Å². The number of nitrogens with zero attached hydrogens (tertiary/aromatic N) is 1. The van der Waals surface area contributed by atoms with Gasteiger partial charge in [-0.2, -0.15) is 0 Å². The number of fused-ring (bicyclic) bond motifs is 3. The molecule has 3 rings (SSSR count). The lowest BCUT2D eigenvalue weighted by Gasteiger charge is -2.01. The molecule has 0 aliphatic carbocycles. The van der Waals surface area contributed by atoms with Crippen molar-refractivity contribution >= 4 is 21.8 Å². The quantitative estimate of drug-likeness (QED) is 0.626. The van der Waals surface area contributed by atoms with Crippen LogP contribution in [-0.4, -0.2) is 15.2 Å². The van der Waals surface area contributed by atoms with Crippen LogP contribution in [0, 0.1) is 18.6 Å². The fourth-order valence-electron chi connectivity index (χ4n) is 1.98. The van der Waals surface area contributed by atoms with Gasteiger partial charge in [0.1, 0.15) is 5.82 Å². The lowest BCUT2D eigenvalue weighted by Crippen LogP contribution is -2.07. The SMILES string of the molecule is Cc1[nH][nH]c2ncc3c(F)cc(=O)c(F)c3c12. The molecule has 0 radical (unpaired) electrons. The number of benzene rings is 1. The molecule has 2 aromatic heterocycles. The third kappa shape index (κ3) is 1.20. The van der Waals surface area contributed by atoms with Crippen LogP contribution in [0.1, 0.15) is 5.69 Å². The highest BCUT2D eigenvalue weighted by atomic mass is 19.1. The van der Waals surface area contributed by atoms with Gasteiger partial charge in [-0.25, -0.2) is 13.8 Å². The van der Waals surface area contributed by atoms with Gasteiger partial charge in [-0.15, -0.1) is 0 Å². The molecule has 1 aromatic carbocycles. The van der Waals surface area contributed by atoms with Gasteiger partial charge in [-0.05, 0) is 6.92 Å². The molecule has 6 heteroatoms. The second kappa shape index (κ2) is 3.13. The average Bonchev–Trinajstić information content (AvgIpc) is 2.68. The van der Waals surface area contributed by atoms with Gasteiger partial charge in [0.15, 0.2) is 11.5 Å². The monoisotopic (exact) mass is 235 g/mol. The Balaban J connectivity index is 2.74. The van der Waals surface area contributed by atoms with Gasteiger partial charge < -0.3 is 5.10 Å². The van der Waals surface area contributed by atoms with Crippen LogP contribution in [0.25, 0.3) is 21.8 Å². The van der Waals surface area contributed by atoms with E-state index in [2.05, 4.69) is 15.2 Å². The number of aromatic nitrogens is 3. The van der Waals surface area contributed by atoms with Crippen molar-refractivity contribution in [2.75, 3.05) is 0 Å². The summed E-state index contributed by atoms with van der Waals surface area (Å²) in [5.41, 5.74) is 0.0315. The summed E-state index contributed by atoms with van der Waals surface area (Å²) in [5, 5.41) is 5.85. The minimum absolute atomic E-state index is 0.00528. The van der Waals surface area contributed by atoms with Crippen LogP contribution in [0.4, 0.5) is 8.78 Å². The summed E-state index contributed by atoms with van der Waals surface area (Å²) in [4.78, 5) is 15.2. The number of rotatable bonds is 0. The van der Waals surface area contributed by atoms with Crippen molar-refractivity contribution in [3.63, 3.8) is 0 Å². The number of hydrogen-bond donors (Lipinski definition) is 2. The van der Waals surface area contributed by atoms with E-state index in [9.17, 15) is 13.6 Å². The molecule has 3 aromatic rings. The molecule has 0 fully saturated rings. The van der Waals surface area contributed by atoms with Crippen molar-refractivity contribution in [3.05, 3.63) is 39.8 Å². The fourth-order valence-corrected chi connectivity index (χ4v) is 1.98. The van der Waals surface area contributed by atoms with Crippen molar-refractivity contribution in [2.24, 2.45) is 0 Å². The van der Waals surface area contributed by atoms with Crippen LogP contribution < -0.4 is 5.43 Å². The minimum Gasteiger partial charge on any atom is -0.303 e. The summed E-state index contributed by atoms with van der Waals surface area (Å²) in [6.45, 7) is 1.69. The smallest absolute Gasteiger partial charge is 0.217 e. The van der Waals surface area contributed by atoms with Gasteiger partial charge >= 0.3 is 0 Å². The molecular weight excluding hydrogens is 228 g/mol. The van der Waals surface area contributed by atoms with Crippen LogP contribution in [0.5, 0.6) is 0 Å². The zero-order valence-corrected chi connectivity index (χ0v) is 8.77. The number of nitrogens with one attached hydrogen (secondary N) is 2. The maximum Gasteiger partial charge on any atom is 0.217 e. The summed E-state index contributed by atoms with van der Waals surface area (Å²) in [5.74, 6) is -1.72. The van der Waals surface area contributed by atoms with Crippen molar-refractivity contribution < 1.29 is 8.78 Å². The lowest BCUT2D eigenvalue weighted by atomic mass is 10.1. The van der Waals surface area contributed by atoms with E-state index in [1.807, 2.05) is 0 Å². The highest BCUT2D eigenvalue weighted by molar-refractivity contribution is 6.05. The van der Waals surface area contributed by atoms with Crippen LogP contribution >= 0.6 is 0 Å². The Morgan fingerprint density at radius 2 is 2.00 bits per heavy atom. The molecule has 0 bridgehead atoms. The van der Waals surface area contributed by atoms with Crippen molar-refractivity contribution in [2.45, 2.75) is 6.92 Å². The molecule has 0 aliphatic rings. The Kier molecular flexibility index (Phi) is 1.83. The highest BCUT2D eigenvalue weighted by Gasteiger charge is 2.16. The molecular formula is C11H7F2N3O. The topological polar surface area (TPSA) is 61.5 Å². The third-order valence-electron chi connectivity index (χ3n) is 2.77. The van der Waals surface area contributed by atoms with Crippen molar-refractivity contribution in [1.82, 2.24) is 15.2 Å². The Labute approximate surface area is 93.3 Å². The first-order valence-electron chi connectivity index (χ1n) is 4.93. The maximum absolute atomic E-state index is 13.8. The van der Waals surface area contributed by atoms with E-state index < -0.39 is 17.1 Å². The summed E-state index contributed by atoms with van der Waals surface area (Å²) >= 11 is 0. The van der Waals surface area contributed by atoms with E-state index in [4.69, 9.17) is 0 Å². The van der Waals surface area contributed by atoms with E-state index in [1.165, 1.54) is 6.20 Å². The Morgan fingerprint density at radius 1 is 1.24 bits per heavy atom. The predicted octanol–water partition coefficient (Wildman–Crippen LogP) is 1.99. The molecule has 0 unspecified atom stereocenters. The molecule has 0 saturated heterocycles. The number of pyridine rings is 1. The van der Waals surface area contributed by atoms with Gasteiger partial charge in [-0.1, -0.05) is 0 Å². The minimum atomic E-state index is -0.955. The standard InChI is InChI=1S/C11H7F2N3O/c1-4-8-9-5(3-14-11(8)16-15-4)6(12)2-7(17)10(9)13/h2-3H,1H3,(H2,14,15,16). The van der Waals surface area contributed by atoms with Crippen molar-refractivity contribution in [1.29, 1.82) is 0 Å². The van der Waals surface area contributed by atoms with E-state index in [-0.39, 0.29) is 10.8 Å². The fraction of sp³-hybridized carbons (Fsp3) is 0.0909. The summed E-state index contributed by atoms with van der Waals surface area (Å²) in [6, 6.07) is 0.636. The van der Waals surface area contributed by atoms with E-state index in [0.717, 1.165) is 0 Å². The van der Waals surface area contributed by atoms with Crippen LogP contribution in [-0.2, 0) is 0 Å². The maximum atomic E-state index is 13.8. The third-order valence-corrected chi connectivity index (χ3v) is 2.77. The number of hydrogen-bond acceptors (Lipinski definition) is 2. The zero-order chi connectivity index (χ0) is 12.2. The second-order valence-electron chi connectivity index (χ2n) is 3.82. The molecule has 0 aliphatic heterocycles. The average molecular weight is 235 g/mol. The van der Waals surface area contributed by atoms with Gasteiger partial charge in [-0.3, -0.25) is 9.89 Å². The number of H-pyrrole nitrogens is 2. The zero-order valence-electron chi connectivity index (χ0n) is 8.77. The molecule has 2 heterocycles. The summed E-state index contributed by atoms with van der Waals surface area (Å²) in [6.07, 6.45) is 1.21. The summed E-state index contributed by atoms with van der Waals surface area (Å²) < 4.78 is 27.4. The van der Waals surface area contributed by atoms with E-state index in [1.54, 1.807) is 6.92 Å². The molecule has 86 valence electrons. The van der Waals surface area contributed by atoms with Crippen LogP contribution in [0.3, 0.4) is 0 Å². The normalized spacial score (nSPS) is 11.5. The predicted molar refractivity (Wildman–Crippen MR) is 58.9 cm³/mol. The first kappa shape index (κ1) is 9.95. The lowest BCUT2D eigenvalue weighted by molar-refractivity contribution is 0.609. The molecule has 0 atom stereocenters. The van der Waals surface area contributed by atoms with Crippen molar-refractivity contribution in [3.8, 4) is 0 Å². The molecule has 0 amide bonds. The molecule has 2 N–H and O–H groups in total. The largest absolute Gasteiger partial charge is 0.303 e. The Bertz CT molecular complexity index is 804. The van der Waals surface area contributed by atoms with E-state index in [0.29, 0.717) is 22.8 Å². The highest BCUT2D eigenvalue weighted by Crippen LogP contribution is 2.27. The van der Waals surface area contributed by atoms with Crippen LogP contribution in [0.15, 0.2) is 17.1 Å². The number of halogens is 2. The number of aryl methyl sites for hydroxylation is 1. The first-order valence-corrected chi connectivity index (χ1v) is 4.93. The molecule has 0 spiro atoms. The van der Waals surface area contributed by atoms with Gasteiger partial charge in [0.2, 0.25) is 5.43 Å². The summed E-state index contributed by atoms with van der Waals surface area (Å²) in [7, 11) is 0.